The van der Waals surface area contributed by atoms with Crippen LogP contribution in [0, 0.1) is 5.92 Å². The topological polar surface area (TPSA) is 97.5 Å². The van der Waals surface area contributed by atoms with Gasteiger partial charge in [0, 0.05) is 12.0 Å². The van der Waals surface area contributed by atoms with Crippen LogP contribution in [0.15, 0.2) is 11.6 Å². The Kier molecular flexibility index (Phi) is 3.78. The molecule has 23 heavy (non-hydrogen) atoms. The van der Waals surface area contributed by atoms with Crippen LogP contribution < -0.4 is 4.90 Å². The van der Waals surface area contributed by atoms with Crippen LogP contribution in [0.5, 0.6) is 0 Å². The maximum atomic E-state index is 12.5. The summed E-state index contributed by atoms with van der Waals surface area (Å²) in [5, 5.41) is 21.1. The van der Waals surface area contributed by atoms with E-state index < -0.39 is 29.1 Å². The Labute approximate surface area is 134 Å². The van der Waals surface area contributed by atoms with E-state index in [1.165, 1.54) is 25.7 Å². The first-order chi connectivity index (χ1) is 10.7. The Hall–Kier alpha value is -1.44. The predicted molar refractivity (Wildman–Crippen MR) is 78.4 cm³/mol. The third kappa shape index (κ3) is 2.38. The Balaban J connectivity index is 1.97. The number of nitrogens with one attached hydrogen (secondary N) is 1. The van der Waals surface area contributed by atoms with Gasteiger partial charge in [-0.3, -0.25) is 4.79 Å². The van der Waals surface area contributed by atoms with E-state index in [0.29, 0.717) is 0 Å². The van der Waals surface area contributed by atoms with Crippen LogP contribution in [0.4, 0.5) is 0 Å². The molecule has 128 valence electrons. The van der Waals surface area contributed by atoms with Crippen LogP contribution in [-0.4, -0.2) is 65.2 Å². The Morgan fingerprint density at radius 2 is 2.00 bits per heavy atom. The van der Waals surface area contributed by atoms with Crippen LogP contribution in [0.3, 0.4) is 0 Å². The van der Waals surface area contributed by atoms with E-state index in [9.17, 15) is 19.8 Å². The van der Waals surface area contributed by atoms with E-state index >= 15 is 0 Å². The number of rotatable bonds is 0. The van der Waals surface area contributed by atoms with E-state index in [4.69, 9.17) is 9.47 Å². The molecule has 1 unspecified atom stereocenters. The maximum absolute atomic E-state index is 12.5. The summed E-state index contributed by atoms with van der Waals surface area (Å²) < 4.78 is 10.9. The summed E-state index contributed by atoms with van der Waals surface area (Å²) in [4.78, 5) is 26.0. The minimum atomic E-state index is -2.21. The second-order valence-electron chi connectivity index (χ2n) is 7.15. The van der Waals surface area contributed by atoms with Crippen LogP contribution >= 0.6 is 0 Å². The Morgan fingerprint density at radius 3 is 2.70 bits per heavy atom. The van der Waals surface area contributed by atoms with Gasteiger partial charge in [0.25, 0.3) is 0 Å². The molecule has 3 heterocycles. The van der Waals surface area contributed by atoms with Crippen LogP contribution in [0.1, 0.15) is 27.2 Å². The summed E-state index contributed by atoms with van der Waals surface area (Å²) in [6, 6.07) is -0.00746. The van der Waals surface area contributed by atoms with E-state index in [2.05, 4.69) is 0 Å². The molecule has 7 heteroatoms. The zero-order chi connectivity index (χ0) is 17.0. The molecule has 0 aromatic rings. The first kappa shape index (κ1) is 16.4. The van der Waals surface area contributed by atoms with Gasteiger partial charge in [0.15, 0.2) is 17.7 Å². The van der Waals surface area contributed by atoms with Crippen LogP contribution in [0.25, 0.3) is 0 Å². The Morgan fingerprint density at radius 1 is 1.30 bits per heavy atom. The number of esters is 2. The van der Waals surface area contributed by atoms with Gasteiger partial charge in [-0.1, -0.05) is 0 Å². The molecule has 2 saturated heterocycles. The summed E-state index contributed by atoms with van der Waals surface area (Å²) in [7, 11) is 0. The summed E-state index contributed by atoms with van der Waals surface area (Å²) in [6.45, 7) is 5.62. The highest BCUT2D eigenvalue weighted by atomic mass is 16.6. The summed E-state index contributed by atoms with van der Waals surface area (Å²) in [6.07, 6.45) is 2.45. The third-order valence-electron chi connectivity index (χ3n) is 5.80. The average molecular weight is 326 g/mol. The molecular formula is C16H24NO6+. The SMILES string of the molecule is C[C@H]1C(=O)O[C@@H]2CC[NH+]3CC=C(COC(=O)[C@](C)(O)[C@]1(C)O)[C@@H]23. The first-order valence-electron chi connectivity index (χ1n) is 8.02. The monoisotopic (exact) mass is 326 g/mol. The molecule has 3 aliphatic heterocycles. The Bertz CT molecular complexity index is 567. The van der Waals surface area contributed by atoms with Crippen molar-refractivity contribution >= 4 is 11.9 Å². The van der Waals surface area contributed by atoms with Crippen molar-refractivity contribution in [2.45, 2.75) is 50.5 Å². The van der Waals surface area contributed by atoms with E-state index in [1.54, 1.807) is 0 Å². The number of carbonyl (C=O) groups is 2. The predicted octanol–water partition coefficient (Wildman–Crippen LogP) is -1.81. The lowest BCUT2D eigenvalue weighted by molar-refractivity contribution is -0.896. The highest BCUT2D eigenvalue weighted by molar-refractivity contribution is 5.83. The van der Waals surface area contributed by atoms with Crippen molar-refractivity contribution in [2.24, 2.45) is 5.92 Å². The molecule has 0 radical (unpaired) electrons. The number of quaternary nitrogens is 1. The second kappa shape index (κ2) is 5.29. The van der Waals surface area contributed by atoms with Gasteiger partial charge >= 0.3 is 11.9 Å². The molecule has 7 nitrogen and oxygen atoms in total. The van der Waals surface area contributed by atoms with Crippen molar-refractivity contribution in [3.8, 4) is 0 Å². The molecule has 0 spiro atoms. The number of hydrogen-bond donors (Lipinski definition) is 3. The molecular weight excluding hydrogens is 302 g/mol. The normalized spacial score (nSPS) is 47.3. The molecule has 0 aromatic carbocycles. The van der Waals surface area contributed by atoms with E-state index in [-0.39, 0.29) is 18.8 Å². The summed E-state index contributed by atoms with van der Waals surface area (Å²) in [5.41, 5.74) is -3.30. The molecule has 0 saturated carbocycles. The van der Waals surface area contributed by atoms with Gasteiger partial charge in [0.05, 0.1) is 19.0 Å². The lowest BCUT2D eigenvalue weighted by atomic mass is 9.76. The average Bonchev–Trinajstić information content (AvgIpc) is 3.06. The van der Waals surface area contributed by atoms with Gasteiger partial charge in [-0.25, -0.2) is 4.79 Å². The standard InChI is InChI=1S/C16H23NO6/c1-9-13(18)23-11-5-7-17-6-4-10(12(11)17)8-22-14(19)16(3,21)15(9,2)20/h4,9,11-12,20-21H,5-8H2,1-3H3/p+1/t9-,11+,12-,15+,16-/m0/s1. The molecule has 0 aromatic heterocycles. The van der Waals surface area contributed by atoms with Gasteiger partial charge in [0.1, 0.15) is 12.2 Å². The fraction of sp³-hybridized carbons (Fsp3) is 0.750. The number of cyclic esters (lactones) is 1. The van der Waals surface area contributed by atoms with E-state index in [1.807, 2.05) is 6.08 Å². The number of carbonyl (C=O) groups excluding carboxylic acids is 2. The molecule has 3 rings (SSSR count). The molecule has 3 N–H and O–H groups in total. The van der Waals surface area contributed by atoms with Crippen LogP contribution in [0.2, 0.25) is 0 Å². The van der Waals surface area contributed by atoms with Gasteiger partial charge in [-0.2, -0.15) is 0 Å². The van der Waals surface area contributed by atoms with Crippen molar-refractivity contribution in [1.29, 1.82) is 0 Å². The number of ether oxygens (including phenoxy) is 2. The van der Waals surface area contributed by atoms with Crippen LogP contribution in [-0.2, 0) is 19.1 Å². The third-order valence-corrected chi connectivity index (χ3v) is 5.80. The zero-order valence-corrected chi connectivity index (χ0v) is 13.7. The lowest BCUT2D eigenvalue weighted by Crippen LogP contribution is -3.12. The second-order valence-corrected chi connectivity index (χ2v) is 7.15. The maximum Gasteiger partial charge on any atom is 0.341 e. The number of hydrogen-bond acceptors (Lipinski definition) is 6. The quantitative estimate of drug-likeness (QED) is 0.359. The van der Waals surface area contributed by atoms with Gasteiger partial charge < -0.3 is 24.6 Å². The largest absolute Gasteiger partial charge is 0.459 e. The lowest BCUT2D eigenvalue weighted by Gasteiger charge is -2.39. The van der Waals surface area contributed by atoms with Crippen molar-refractivity contribution in [3.63, 3.8) is 0 Å². The fourth-order valence-electron chi connectivity index (χ4n) is 3.71. The smallest absolute Gasteiger partial charge is 0.341 e. The summed E-state index contributed by atoms with van der Waals surface area (Å²) >= 11 is 0. The minimum absolute atomic E-state index is 0.00746. The van der Waals surface area contributed by atoms with Crippen molar-refractivity contribution in [2.75, 3.05) is 19.7 Å². The molecule has 0 aliphatic carbocycles. The highest BCUT2D eigenvalue weighted by Gasteiger charge is 2.57. The first-order valence-corrected chi connectivity index (χ1v) is 8.02. The van der Waals surface area contributed by atoms with Gasteiger partial charge in [-0.05, 0) is 26.8 Å². The van der Waals surface area contributed by atoms with Crippen molar-refractivity contribution in [1.82, 2.24) is 0 Å². The van der Waals surface area contributed by atoms with Gasteiger partial charge in [0.2, 0.25) is 0 Å². The van der Waals surface area contributed by atoms with E-state index in [0.717, 1.165) is 25.1 Å². The highest BCUT2D eigenvalue weighted by Crippen LogP contribution is 2.33. The fourth-order valence-corrected chi connectivity index (χ4v) is 3.71. The summed E-state index contributed by atoms with van der Waals surface area (Å²) in [5.74, 6) is -2.61. The van der Waals surface area contributed by atoms with Crippen molar-refractivity contribution in [3.05, 3.63) is 11.6 Å². The minimum Gasteiger partial charge on any atom is -0.459 e. The van der Waals surface area contributed by atoms with Crippen molar-refractivity contribution < 1.29 is 34.2 Å². The molecule has 0 amide bonds. The zero-order valence-electron chi connectivity index (χ0n) is 13.7. The molecule has 2 fully saturated rings. The molecule has 3 aliphatic rings. The van der Waals surface area contributed by atoms with Gasteiger partial charge in [-0.15, -0.1) is 0 Å². The molecule has 0 bridgehead atoms. The molecule has 6 atom stereocenters. The number of aliphatic hydroxyl groups is 2.